The zero-order chi connectivity index (χ0) is 13.1. The lowest BCUT2D eigenvalue weighted by Gasteiger charge is -2.33. The van der Waals surface area contributed by atoms with Gasteiger partial charge < -0.3 is 20.2 Å². The molecule has 2 amide bonds. The standard InChI is InChI=1S/C11H21N3O3/c1-11(2,9(15)16)8-12-10(17)14-6-4-13(3)5-7-14/h4-8H2,1-3H3,(H,12,17)(H,15,16). The van der Waals surface area contributed by atoms with E-state index in [9.17, 15) is 9.59 Å². The molecule has 0 aromatic rings. The molecule has 0 atom stereocenters. The topological polar surface area (TPSA) is 72.9 Å². The number of piperazine rings is 1. The zero-order valence-electron chi connectivity index (χ0n) is 10.7. The van der Waals surface area contributed by atoms with Crippen molar-refractivity contribution in [2.24, 2.45) is 5.41 Å². The summed E-state index contributed by atoms with van der Waals surface area (Å²) in [5.41, 5.74) is -0.928. The van der Waals surface area contributed by atoms with E-state index >= 15 is 0 Å². The lowest BCUT2D eigenvalue weighted by atomic mass is 9.94. The van der Waals surface area contributed by atoms with Crippen molar-refractivity contribution in [3.63, 3.8) is 0 Å². The van der Waals surface area contributed by atoms with Gasteiger partial charge in [-0.25, -0.2) is 4.79 Å². The van der Waals surface area contributed by atoms with Gasteiger partial charge >= 0.3 is 12.0 Å². The van der Waals surface area contributed by atoms with E-state index in [-0.39, 0.29) is 12.6 Å². The molecule has 0 aromatic carbocycles. The number of likely N-dealkylation sites (N-methyl/N-ethyl adjacent to an activating group) is 1. The van der Waals surface area contributed by atoms with Gasteiger partial charge in [0, 0.05) is 32.7 Å². The minimum Gasteiger partial charge on any atom is -0.481 e. The number of urea groups is 1. The third-order valence-corrected chi connectivity index (χ3v) is 3.05. The molecule has 0 radical (unpaired) electrons. The van der Waals surface area contributed by atoms with Crippen molar-refractivity contribution < 1.29 is 14.7 Å². The Hall–Kier alpha value is -1.30. The summed E-state index contributed by atoms with van der Waals surface area (Å²) in [6.45, 7) is 6.43. The number of hydrogen-bond donors (Lipinski definition) is 2. The Morgan fingerprint density at radius 1 is 1.24 bits per heavy atom. The molecule has 17 heavy (non-hydrogen) atoms. The van der Waals surface area contributed by atoms with Crippen LogP contribution in [0.15, 0.2) is 0 Å². The lowest BCUT2D eigenvalue weighted by molar-refractivity contribution is -0.146. The van der Waals surface area contributed by atoms with Crippen LogP contribution in [0.3, 0.4) is 0 Å². The minimum atomic E-state index is -0.928. The van der Waals surface area contributed by atoms with Gasteiger partial charge in [-0.1, -0.05) is 0 Å². The van der Waals surface area contributed by atoms with Crippen molar-refractivity contribution >= 4 is 12.0 Å². The molecule has 1 fully saturated rings. The molecular weight excluding hydrogens is 222 g/mol. The molecule has 0 aromatic heterocycles. The van der Waals surface area contributed by atoms with Crippen LogP contribution in [0.2, 0.25) is 0 Å². The first-order valence-electron chi connectivity index (χ1n) is 5.77. The van der Waals surface area contributed by atoms with Gasteiger partial charge in [-0.15, -0.1) is 0 Å². The van der Waals surface area contributed by atoms with Crippen molar-refractivity contribution in [3.8, 4) is 0 Å². The maximum Gasteiger partial charge on any atom is 0.317 e. The first kappa shape index (κ1) is 13.8. The molecule has 6 heteroatoms. The van der Waals surface area contributed by atoms with Crippen molar-refractivity contribution in [1.82, 2.24) is 15.1 Å². The first-order valence-corrected chi connectivity index (χ1v) is 5.77. The number of carbonyl (C=O) groups excluding carboxylic acids is 1. The van der Waals surface area contributed by atoms with E-state index in [1.165, 1.54) is 0 Å². The number of hydrogen-bond acceptors (Lipinski definition) is 3. The van der Waals surface area contributed by atoms with Crippen LogP contribution in [0.25, 0.3) is 0 Å². The van der Waals surface area contributed by atoms with Gasteiger partial charge in [0.25, 0.3) is 0 Å². The fraction of sp³-hybridized carbons (Fsp3) is 0.818. The zero-order valence-corrected chi connectivity index (χ0v) is 10.7. The Labute approximate surface area is 102 Å². The number of carboxylic acids is 1. The molecule has 0 unspecified atom stereocenters. The fourth-order valence-corrected chi connectivity index (χ4v) is 1.49. The Morgan fingerprint density at radius 2 is 1.76 bits per heavy atom. The van der Waals surface area contributed by atoms with Gasteiger partial charge in [-0.2, -0.15) is 0 Å². The highest BCUT2D eigenvalue weighted by Crippen LogP contribution is 2.13. The lowest BCUT2D eigenvalue weighted by Crippen LogP contribution is -2.52. The van der Waals surface area contributed by atoms with E-state index < -0.39 is 11.4 Å². The molecular formula is C11H21N3O3. The van der Waals surface area contributed by atoms with E-state index in [0.29, 0.717) is 13.1 Å². The maximum atomic E-state index is 11.8. The molecule has 1 heterocycles. The molecule has 0 spiro atoms. The van der Waals surface area contributed by atoms with E-state index in [4.69, 9.17) is 5.11 Å². The third kappa shape index (κ3) is 3.89. The minimum absolute atomic E-state index is 0.146. The Morgan fingerprint density at radius 3 is 2.24 bits per heavy atom. The summed E-state index contributed by atoms with van der Waals surface area (Å²) < 4.78 is 0. The van der Waals surface area contributed by atoms with Crippen molar-refractivity contribution in [2.75, 3.05) is 39.8 Å². The summed E-state index contributed by atoms with van der Waals surface area (Å²) in [7, 11) is 2.02. The van der Waals surface area contributed by atoms with Crippen molar-refractivity contribution in [3.05, 3.63) is 0 Å². The molecule has 98 valence electrons. The third-order valence-electron chi connectivity index (χ3n) is 3.05. The van der Waals surface area contributed by atoms with Gasteiger partial charge in [0.1, 0.15) is 0 Å². The normalized spacial score (nSPS) is 17.9. The van der Waals surface area contributed by atoms with Crippen LogP contribution in [-0.2, 0) is 4.79 Å². The van der Waals surface area contributed by atoms with E-state index in [1.807, 2.05) is 7.05 Å². The first-order chi connectivity index (χ1) is 7.83. The molecule has 1 saturated heterocycles. The van der Waals surface area contributed by atoms with Gasteiger partial charge in [-0.3, -0.25) is 4.79 Å². The molecule has 0 saturated carbocycles. The highest BCUT2D eigenvalue weighted by atomic mass is 16.4. The van der Waals surface area contributed by atoms with Gasteiger partial charge in [0.15, 0.2) is 0 Å². The molecule has 1 aliphatic rings. The number of carbonyl (C=O) groups is 2. The average Bonchev–Trinajstić information content (AvgIpc) is 2.27. The van der Waals surface area contributed by atoms with Crippen LogP contribution < -0.4 is 5.32 Å². The number of aliphatic carboxylic acids is 1. The van der Waals surface area contributed by atoms with Gasteiger partial charge in [0.05, 0.1) is 5.41 Å². The van der Waals surface area contributed by atoms with Crippen molar-refractivity contribution in [1.29, 1.82) is 0 Å². The van der Waals surface area contributed by atoms with Crippen LogP contribution in [-0.4, -0.2) is 66.7 Å². The fourth-order valence-electron chi connectivity index (χ4n) is 1.49. The highest BCUT2D eigenvalue weighted by molar-refractivity contribution is 5.77. The largest absolute Gasteiger partial charge is 0.481 e. The monoisotopic (exact) mass is 243 g/mol. The van der Waals surface area contributed by atoms with E-state index in [1.54, 1.807) is 18.7 Å². The second kappa shape index (κ2) is 5.35. The molecule has 0 aliphatic carbocycles. The molecule has 1 rings (SSSR count). The number of nitrogens with zero attached hydrogens (tertiary/aromatic N) is 2. The summed E-state index contributed by atoms with van der Waals surface area (Å²) in [5, 5.41) is 11.6. The summed E-state index contributed by atoms with van der Waals surface area (Å²) in [6, 6.07) is -0.174. The SMILES string of the molecule is CN1CCN(C(=O)NCC(C)(C)C(=O)O)CC1. The Bertz CT molecular complexity index is 296. The predicted octanol–water partition coefficient (Wildman–Crippen LogP) is 0.0542. The molecule has 0 bridgehead atoms. The number of rotatable bonds is 3. The summed E-state index contributed by atoms with van der Waals surface area (Å²) in [5.74, 6) is -0.906. The van der Waals surface area contributed by atoms with E-state index in [2.05, 4.69) is 10.2 Å². The van der Waals surface area contributed by atoms with Crippen molar-refractivity contribution in [2.45, 2.75) is 13.8 Å². The van der Waals surface area contributed by atoms with Gasteiger partial charge in [0.2, 0.25) is 0 Å². The second-order valence-electron chi connectivity index (χ2n) is 5.14. The predicted molar refractivity (Wildman–Crippen MR) is 63.9 cm³/mol. The van der Waals surface area contributed by atoms with E-state index in [0.717, 1.165) is 13.1 Å². The molecule has 6 nitrogen and oxygen atoms in total. The summed E-state index contributed by atoms with van der Waals surface area (Å²) in [6.07, 6.45) is 0. The second-order valence-corrected chi connectivity index (χ2v) is 5.14. The smallest absolute Gasteiger partial charge is 0.317 e. The highest BCUT2D eigenvalue weighted by Gasteiger charge is 2.28. The van der Waals surface area contributed by atoms with Crippen LogP contribution in [0.4, 0.5) is 4.79 Å². The molecule has 1 aliphatic heterocycles. The number of nitrogens with one attached hydrogen (secondary N) is 1. The quantitative estimate of drug-likeness (QED) is 0.735. The maximum absolute atomic E-state index is 11.8. The van der Waals surface area contributed by atoms with Crippen LogP contribution in [0, 0.1) is 5.41 Å². The summed E-state index contributed by atoms with van der Waals surface area (Å²) in [4.78, 5) is 26.5. The van der Waals surface area contributed by atoms with Crippen LogP contribution in [0.5, 0.6) is 0 Å². The summed E-state index contributed by atoms with van der Waals surface area (Å²) >= 11 is 0. The number of amides is 2. The van der Waals surface area contributed by atoms with Gasteiger partial charge in [-0.05, 0) is 20.9 Å². The average molecular weight is 243 g/mol. The Balaban J connectivity index is 2.37. The Kier molecular flexibility index (Phi) is 4.34. The van der Waals surface area contributed by atoms with Crippen LogP contribution in [0.1, 0.15) is 13.8 Å². The molecule has 2 N–H and O–H groups in total. The van der Waals surface area contributed by atoms with Crippen LogP contribution >= 0.6 is 0 Å². The number of carboxylic acid groups (broad SMARTS) is 1.